The Bertz CT molecular complexity index is 566. The molecule has 1 saturated heterocycles. The second-order valence-electron chi connectivity index (χ2n) is 5.10. The number of aromatic nitrogens is 2. The van der Waals surface area contributed by atoms with Crippen molar-refractivity contribution in [1.82, 2.24) is 14.9 Å². The molecule has 5 nitrogen and oxygen atoms in total. The zero-order chi connectivity index (χ0) is 13.2. The number of anilines is 1. The fourth-order valence-electron chi connectivity index (χ4n) is 2.54. The zero-order valence-electron chi connectivity index (χ0n) is 11.2. The fraction of sp³-hybridized carbons (Fsp3) is 0.500. The molecule has 0 saturated carbocycles. The first-order valence-corrected chi connectivity index (χ1v) is 6.82. The Balaban J connectivity index is 1.74. The van der Waals surface area contributed by atoms with E-state index in [9.17, 15) is 0 Å². The van der Waals surface area contributed by atoms with Gasteiger partial charge in [-0.15, -0.1) is 0 Å². The Labute approximate surface area is 112 Å². The Morgan fingerprint density at radius 1 is 1.53 bits per heavy atom. The maximum atomic E-state index is 5.78. The predicted molar refractivity (Wildman–Crippen MR) is 75.8 cm³/mol. The second-order valence-corrected chi connectivity index (χ2v) is 5.10. The van der Waals surface area contributed by atoms with Crippen molar-refractivity contribution < 1.29 is 4.74 Å². The first kappa shape index (κ1) is 12.4. The van der Waals surface area contributed by atoms with E-state index in [1.807, 2.05) is 18.2 Å². The molecule has 0 amide bonds. The Morgan fingerprint density at radius 3 is 3.26 bits per heavy atom. The number of nitrogens with two attached hydrogens (primary N) is 1. The number of morpholine rings is 1. The number of ether oxygens (including phenoxy) is 1. The number of H-pyrrole nitrogens is 1. The SMILES string of the molecule is CCC1CN(Cc2nc3ccc(N)cc3[nH]2)CCO1. The number of nitrogens with one attached hydrogen (secondary N) is 1. The number of nitrogen functional groups attached to an aromatic ring is 1. The van der Waals surface area contributed by atoms with Crippen molar-refractivity contribution in [3.8, 4) is 0 Å². The summed E-state index contributed by atoms with van der Waals surface area (Å²) in [4.78, 5) is 10.3. The minimum Gasteiger partial charge on any atom is -0.399 e. The Morgan fingerprint density at radius 2 is 2.42 bits per heavy atom. The highest BCUT2D eigenvalue weighted by atomic mass is 16.5. The minimum absolute atomic E-state index is 0.355. The van der Waals surface area contributed by atoms with Crippen LogP contribution in [0, 0.1) is 0 Å². The van der Waals surface area contributed by atoms with Gasteiger partial charge in [0.05, 0.1) is 30.3 Å². The lowest BCUT2D eigenvalue weighted by Crippen LogP contribution is -2.41. The molecule has 1 aromatic carbocycles. The van der Waals surface area contributed by atoms with Gasteiger partial charge in [-0.25, -0.2) is 4.98 Å². The maximum absolute atomic E-state index is 5.78. The summed E-state index contributed by atoms with van der Waals surface area (Å²) in [5, 5.41) is 0. The van der Waals surface area contributed by atoms with Crippen LogP contribution in [0.3, 0.4) is 0 Å². The molecule has 3 rings (SSSR count). The molecule has 19 heavy (non-hydrogen) atoms. The summed E-state index contributed by atoms with van der Waals surface area (Å²) < 4.78 is 5.68. The van der Waals surface area contributed by atoms with Crippen molar-refractivity contribution in [3.05, 3.63) is 24.0 Å². The quantitative estimate of drug-likeness (QED) is 0.825. The molecule has 2 heterocycles. The fourth-order valence-corrected chi connectivity index (χ4v) is 2.54. The van der Waals surface area contributed by atoms with Gasteiger partial charge in [-0.2, -0.15) is 0 Å². The summed E-state index contributed by atoms with van der Waals surface area (Å²) in [5.41, 5.74) is 8.53. The summed E-state index contributed by atoms with van der Waals surface area (Å²) in [6, 6.07) is 5.77. The maximum Gasteiger partial charge on any atom is 0.121 e. The van der Waals surface area contributed by atoms with Crippen molar-refractivity contribution in [2.24, 2.45) is 0 Å². The molecule has 1 aromatic heterocycles. The predicted octanol–water partition coefficient (Wildman–Crippen LogP) is 1.76. The monoisotopic (exact) mass is 260 g/mol. The van der Waals surface area contributed by atoms with Gasteiger partial charge in [-0.05, 0) is 24.6 Å². The molecule has 1 aliphatic heterocycles. The van der Waals surface area contributed by atoms with Gasteiger partial charge >= 0.3 is 0 Å². The lowest BCUT2D eigenvalue weighted by atomic mass is 10.2. The van der Waals surface area contributed by atoms with E-state index in [4.69, 9.17) is 10.5 Å². The highest BCUT2D eigenvalue weighted by molar-refractivity contribution is 5.78. The van der Waals surface area contributed by atoms with Crippen molar-refractivity contribution in [2.45, 2.75) is 26.0 Å². The largest absolute Gasteiger partial charge is 0.399 e. The van der Waals surface area contributed by atoms with Gasteiger partial charge in [0.25, 0.3) is 0 Å². The van der Waals surface area contributed by atoms with E-state index in [1.165, 1.54) is 0 Å². The number of benzene rings is 1. The number of rotatable bonds is 3. The summed E-state index contributed by atoms with van der Waals surface area (Å²) in [6.07, 6.45) is 1.42. The summed E-state index contributed by atoms with van der Waals surface area (Å²) in [7, 11) is 0. The average Bonchev–Trinajstić information content (AvgIpc) is 2.80. The molecule has 3 N–H and O–H groups in total. The van der Waals surface area contributed by atoms with E-state index in [2.05, 4.69) is 21.8 Å². The van der Waals surface area contributed by atoms with E-state index in [0.717, 1.165) is 55.2 Å². The van der Waals surface area contributed by atoms with Crippen LogP contribution in [0.5, 0.6) is 0 Å². The highest BCUT2D eigenvalue weighted by Crippen LogP contribution is 2.17. The summed E-state index contributed by atoms with van der Waals surface area (Å²) >= 11 is 0. The normalized spacial score (nSPS) is 21.0. The highest BCUT2D eigenvalue weighted by Gasteiger charge is 2.19. The molecule has 0 bridgehead atoms. The second kappa shape index (κ2) is 5.19. The Kier molecular flexibility index (Phi) is 3.40. The van der Waals surface area contributed by atoms with Crippen LogP contribution in [0.2, 0.25) is 0 Å². The van der Waals surface area contributed by atoms with E-state index < -0.39 is 0 Å². The number of hydrogen-bond acceptors (Lipinski definition) is 4. The summed E-state index contributed by atoms with van der Waals surface area (Å²) in [6.45, 7) is 5.77. The van der Waals surface area contributed by atoms with Gasteiger partial charge < -0.3 is 15.5 Å². The number of nitrogens with zero attached hydrogens (tertiary/aromatic N) is 2. The van der Waals surface area contributed by atoms with Crippen LogP contribution in [0.15, 0.2) is 18.2 Å². The van der Waals surface area contributed by atoms with Crippen molar-refractivity contribution in [3.63, 3.8) is 0 Å². The average molecular weight is 260 g/mol. The number of aromatic amines is 1. The van der Waals surface area contributed by atoms with E-state index in [-0.39, 0.29) is 0 Å². The lowest BCUT2D eigenvalue weighted by molar-refractivity contribution is -0.0331. The molecule has 1 atom stereocenters. The van der Waals surface area contributed by atoms with Crippen LogP contribution in [-0.4, -0.2) is 40.7 Å². The van der Waals surface area contributed by atoms with Crippen LogP contribution >= 0.6 is 0 Å². The van der Waals surface area contributed by atoms with Crippen LogP contribution < -0.4 is 5.73 Å². The molecule has 2 aromatic rings. The molecule has 1 unspecified atom stereocenters. The van der Waals surface area contributed by atoms with Gasteiger partial charge in [0, 0.05) is 18.8 Å². The van der Waals surface area contributed by atoms with Crippen LogP contribution in [0.4, 0.5) is 5.69 Å². The molecule has 0 radical (unpaired) electrons. The number of fused-ring (bicyclic) bond motifs is 1. The Hall–Kier alpha value is -1.59. The molecule has 1 fully saturated rings. The molecule has 0 aliphatic carbocycles. The van der Waals surface area contributed by atoms with Gasteiger partial charge in [-0.3, -0.25) is 4.90 Å². The molecular weight excluding hydrogens is 240 g/mol. The van der Waals surface area contributed by atoms with E-state index in [0.29, 0.717) is 6.10 Å². The first-order chi connectivity index (χ1) is 9.24. The topological polar surface area (TPSA) is 67.2 Å². The van der Waals surface area contributed by atoms with Gasteiger partial charge in [-0.1, -0.05) is 6.92 Å². The van der Waals surface area contributed by atoms with Gasteiger partial charge in [0.15, 0.2) is 0 Å². The van der Waals surface area contributed by atoms with Crippen LogP contribution in [0.1, 0.15) is 19.2 Å². The minimum atomic E-state index is 0.355. The number of imidazole rings is 1. The van der Waals surface area contributed by atoms with Crippen LogP contribution in [-0.2, 0) is 11.3 Å². The lowest BCUT2D eigenvalue weighted by Gasteiger charge is -2.31. The van der Waals surface area contributed by atoms with Crippen LogP contribution in [0.25, 0.3) is 11.0 Å². The first-order valence-electron chi connectivity index (χ1n) is 6.82. The van der Waals surface area contributed by atoms with Crippen molar-refractivity contribution in [1.29, 1.82) is 0 Å². The smallest absolute Gasteiger partial charge is 0.121 e. The van der Waals surface area contributed by atoms with Gasteiger partial charge in [0.1, 0.15) is 5.82 Å². The molecule has 0 spiro atoms. The third-order valence-corrected chi connectivity index (χ3v) is 3.61. The number of hydrogen-bond donors (Lipinski definition) is 2. The molecule has 1 aliphatic rings. The standard InChI is InChI=1S/C14H20N4O/c1-2-11-8-18(5-6-19-11)9-14-16-12-4-3-10(15)7-13(12)17-14/h3-4,7,11H,2,5-6,8-9,15H2,1H3,(H,16,17). The molecular formula is C14H20N4O. The third kappa shape index (κ3) is 2.72. The molecule has 5 heteroatoms. The summed E-state index contributed by atoms with van der Waals surface area (Å²) in [5.74, 6) is 0.998. The third-order valence-electron chi connectivity index (χ3n) is 3.61. The van der Waals surface area contributed by atoms with E-state index in [1.54, 1.807) is 0 Å². The van der Waals surface area contributed by atoms with Crippen molar-refractivity contribution >= 4 is 16.7 Å². The van der Waals surface area contributed by atoms with E-state index >= 15 is 0 Å². The van der Waals surface area contributed by atoms with Crippen molar-refractivity contribution in [2.75, 3.05) is 25.4 Å². The zero-order valence-corrected chi connectivity index (χ0v) is 11.2. The van der Waals surface area contributed by atoms with Gasteiger partial charge in [0.2, 0.25) is 0 Å². The molecule has 102 valence electrons.